The largest absolute Gasteiger partial charge is 0.379 e. The Morgan fingerprint density at radius 3 is 2.58 bits per heavy atom. The van der Waals surface area contributed by atoms with Gasteiger partial charge in [0.2, 0.25) is 17.4 Å². The van der Waals surface area contributed by atoms with Crippen molar-refractivity contribution in [1.29, 1.82) is 0 Å². The average molecular weight is 269 g/mol. The molecule has 0 atom stereocenters. The summed E-state index contributed by atoms with van der Waals surface area (Å²) in [7, 11) is 0. The molecule has 0 aliphatic heterocycles. The van der Waals surface area contributed by atoms with Gasteiger partial charge in [-0.25, -0.2) is 4.63 Å². The van der Waals surface area contributed by atoms with E-state index in [0.717, 1.165) is 12.8 Å². The highest BCUT2D eigenvalue weighted by molar-refractivity contribution is 5.98. The number of nitrogen functional groups attached to an aromatic ring is 1. The van der Waals surface area contributed by atoms with Crippen molar-refractivity contribution in [2.24, 2.45) is 0 Å². The van der Waals surface area contributed by atoms with Gasteiger partial charge in [0, 0.05) is 13.1 Å². The second kappa shape index (κ2) is 7.34. The van der Waals surface area contributed by atoms with Gasteiger partial charge in [0.15, 0.2) is 0 Å². The first kappa shape index (κ1) is 14.9. The standard InChI is InChI=1S/C11H19N5O3/c1-3-5-13-8(17)7-16(6-4-2)11(18)9-10(12)15-19-14-9/h3-7H2,1-2H3,(H2,12,15)(H,13,17). The number of amides is 2. The molecule has 1 rings (SSSR count). The van der Waals surface area contributed by atoms with Crippen LogP contribution in [0.15, 0.2) is 4.63 Å². The number of nitrogens with zero attached hydrogens (tertiary/aromatic N) is 3. The van der Waals surface area contributed by atoms with E-state index in [1.807, 2.05) is 13.8 Å². The Morgan fingerprint density at radius 1 is 1.32 bits per heavy atom. The summed E-state index contributed by atoms with van der Waals surface area (Å²) in [6, 6.07) is 0. The molecule has 0 radical (unpaired) electrons. The van der Waals surface area contributed by atoms with Crippen molar-refractivity contribution < 1.29 is 14.2 Å². The van der Waals surface area contributed by atoms with Gasteiger partial charge in [0.25, 0.3) is 5.91 Å². The van der Waals surface area contributed by atoms with Crippen LogP contribution in [0.3, 0.4) is 0 Å². The number of rotatable bonds is 7. The zero-order valence-corrected chi connectivity index (χ0v) is 11.2. The summed E-state index contributed by atoms with van der Waals surface area (Å²) in [6.45, 7) is 4.86. The molecule has 3 N–H and O–H groups in total. The third-order valence-electron chi connectivity index (χ3n) is 2.40. The first-order valence-electron chi connectivity index (χ1n) is 6.24. The second-order valence-corrected chi connectivity index (χ2v) is 4.07. The van der Waals surface area contributed by atoms with Gasteiger partial charge in [0.1, 0.15) is 0 Å². The van der Waals surface area contributed by atoms with Crippen LogP contribution in [0.5, 0.6) is 0 Å². The molecule has 0 unspecified atom stereocenters. The van der Waals surface area contributed by atoms with Crippen LogP contribution in [0, 0.1) is 0 Å². The molecule has 106 valence electrons. The van der Waals surface area contributed by atoms with E-state index >= 15 is 0 Å². The molecule has 0 fully saturated rings. The zero-order valence-electron chi connectivity index (χ0n) is 11.2. The molecular formula is C11H19N5O3. The molecule has 1 aromatic rings. The fourth-order valence-electron chi connectivity index (χ4n) is 1.51. The van der Waals surface area contributed by atoms with Gasteiger partial charge in [0.05, 0.1) is 6.54 Å². The van der Waals surface area contributed by atoms with Gasteiger partial charge >= 0.3 is 0 Å². The van der Waals surface area contributed by atoms with E-state index in [2.05, 4.69) is 20.3 Å². The van der Waals surface area contributed by atoms with Crippen LogP contribution in [0.1, 0.15) is 37.2 Å². The Morgan fingerprint density at radius 2 is 2.05 bits per heavy atom. The van der Waals surface area contributed by atoms with Crippen LogP contribution in [-0.4, -0.2) is 46.7 Å². The lowest BCUT2D eigenvalue weighted by atomic mass is 10.3. The van der Waals surface area contributed by atoms with Crippen LogP contribution in [0.4, 0.5) is 5.82 Å². The van der Waals surface area contributed by atoms with Gasteiger partial charge < -0.3 is 16.0 Å². The third-order valence-corrected chi connectivity index (χ3v) is 2.40. The van der Waals surface area contributed by atoms with E-state index in [1.54, 1.807) is 0 Å². The van der Waals surface area contributed by atoms with Gasteiger partial charge in [-0.05, 0) is 23.2 Å². The van der Waals surface area contributed by atoms with E-state index in [-0.39, 0.29) is 24.0 Å². The van der Waals surface area contributed by atoms with E-state index in [1.165, 1.54) is 4.90 Å². The predicted octanol–water partition coefficient (Wildman–Crippen LogP) is 0.0302. The number of anilines is 1. The van der Waals surface area contributed by atoms with Gasteiger partial charge in [-0.3, -0.25) is 9.59 Å². The summed E-state index contributed by atoms with van der Waals surface area (Å²) in [5, 5.41) is 9.52. The average Bonchev–Trinajstić information content (AvgIpc) is 2.81. The summed E-state index contributed by atoms with van der Waals surface area (Å²) >= 11 is 0. The molecule has 0 aliphatic rings. The molecule has 0 bridgehead atoms. The van der Waals surface area contributed by atoms with Gasteiger partial charge in [-0.2, -0.15) is 0 Å². The monoisotopic (exact) mass is 269 g/mol. The Bertz CT molecular complexity index is 432. The van der Waals surface area contributed by atoms with E-state index in [9.17, 15) is 9.59 Å². The molecule has 1 heterocycles. The lowest BCUT2D eigenvalue weighted by molar-refractivity contribution is -0.121. The molecule has 1 aromatic heterocycles. The Balaban J connectivity index is 2.69. The third kappa shape index (κ3) is 4.23. The van der Waals surface area contributed by atoms with Crippen LogP contribution >= 0.6 is 0 Å². The summed E-state index contributed by atoms with van der Waals surface area (Å²) in [5.74, 6) is -0.731. The highest BCUT2D eigenvalue weighted by atomic mass is 16.6. The maximum atomic E-state index is 12.1. The van der Waals surface area contributed by atoms with Gasteiger partial charge in [-0.15, -0.1) is 0 Å². The smallest absolute Gasteiger partial charge is 0.280 e. The Labute approximate surface area is 111 Å². The van der Waals surface area contributed by atoms with Crippen LogP contribution in [0.25, 0.3) is 0 Å². The van der Waals surface area contributed by atoms with Crippen molar-refractivity contribution in [3.63, 3.8) is 0 Å². The summed E-state index contributed by atoms with van der Waals surface area (Å²) in [5.41, 5.74) is 5.41. The number of nitrogens with two attached hydrogens (primary N) is 1. The number of carbonyl (C=O) groups is 2. The molecule has 8 nitrogen and oxygen atoms in total. The fourth-order valence-corrected chi connectivity index (χ4v) is 1.51. The van der Waals surface area contributed by atoms with Crippen molar-refractivity contribution in [2.45, 2.75) is 26.7 Å². The lowest BCUT2D eigenvalue weighted by Crippen LogP contribution is -2.41. The van der Waals surface area contributed by atoms with Crippen molar-refractivity contribution in [3.8, 4) is 0 Å². The van der Waals surface area contributed by atoms with Gasteiger partial charge in [-0.1, -0.05) is 13.8 Å². The molecule has 0 spiro atoms. The summed E-state index contributed by atoms with van der Waals surface area (Å²) < 4.78 is 4.39. The minimum atomic E-state index is -0.452. The highest BCUT2D eigenvalue weighted by Gasteiger charge is 2.23. The van der Waals surface area contributed by atoms with Crippen LogP contribution in [0.2, 0.25) is 0 Å². The number of aromatic nitrogens is 2. The molecule has 0 aromatic carbocycles. The van der Waals surface area contributed by atoms with E-state index in [4.69, 9.17) is 5.73 Å². The minimum Gasteiger partial charge on any atom is -0.379 e. The molecule has 8 heteroatoms. The molecule has 19 heavy (non-hydrogen) atoms. The summed E-state index contributed by atoms with van der Waals surface area (Å²) in [4.78, 5) is 25.2. The van der Waals surface area contributed by atoms with Crippen molar-refractivity contribution >= 4 is 17.6 Å². The van der Waals surface area contributed by atoms with E-state index in [0.29, 0.717) is 13.1 Å². The highest BCUT2D eigenvalue weighted by Crippen LogP contribution is 2.08. The fraction of sp³-hybridized carbons (Fsp3) is 0.636. The van der Waals surface area contributed by atoms with Crippen molar-refractivity contribution in [3.05, 3.63) is 5.69 Å². The first-order chi connectivity index (χ1) is 9.10. The molecular weight excluding hydrogens is 250 g/mol. The number of hydrogen-bond donors (Lipinski definition) is 2. The molecule has 0 aliphatic carbocycles. The molecule has 0 saturated carbocycles. The summed E-state index contributed by atoms with van der Waals surface area (Å²) in [6.07, 6.45) is 1.56. The molecule has 2 amide bonds. The molecule has 0 saturated heterocycles. The predicted molar refractivity (Wildman–Crippen MR) is 68.2 cm³/mol. The number of carbonyl (C=O) groups excluding carboxylic acids is 2. The maximum absolute atomic E-state index is 12.1. The zero-order chi connectivity index (χ0) is 14.3. The SMILES string of the molecule is CCCNC(=O)CN(CCC)C(=O)c1nonc1N. The van der Waals surface area contributed by atoms with Crippen molar-refractivity contribution in [1.82, 2.24) is 20.5 Å². The normalized spacial score (nSPS) is 10.2. The Kier molecular flexibility index (Phi) is 5.77. The maximum Gasteiger partial charge on any atom is 0.280 e. The Hall–Kier alpha value is -2.12. The second-order valence-electron chi connectivity index (χ2n) is 4.07. The first-order valence-corrected chi connectivity index (χ1v) is 6.24. The van der Waals surface area contributed by atoms with Crippen LogP contribution in [-0.2, 0) is 4.79 Å². The van der Waals surface area contributed by atoms with Crippen molar-refractivity contribution in [2.75, 3.05) is 25.4 Å². The van der Waals surface area contributed by atoms with E-state index < -0.39 is 5.91 Å². The topological polar surface area (TPSA) is 114 Å². The quantitative estimate of drug-likeness (QED) is 0.721. The number of nitrogens with one attached hydrogen (secondary N) is 1. The number of hydrogen-bond acceptors (Lipinski definition) is 6. The van der Waals surface area contributed by atoms with Crippen LogP contribution < -0.4 is 11.1 Å². The minimum absolute atomic E-state index is 0.0288. The lowest BCUT2D eigenvalue weighted by Gasteiger charge is -2.20.